The molecule has 11 nitrogen and oxygen atoms in total. The summed E-state index contributed by atoms with van der Waals surface area (Å²) in [5.41, 5.74) is 5.31. The van der Waals surface area contributed by atoms with Crippen molar-refractivity contribution in [3.63, 3.8) is 0 Å². The van der Waals surface area contributed by atoms with Crippen molar-refractivity contribution in [2.75, 3.05) is 12.4 Å². The Kier molecular flexibility index (Phi) is 10.0. The van der Waals surface area contributed by atoms with E-state index in [1.807, 2.05) is 0 Å². The fraction of sp³-hybridized carbons (Fsp3) is 0.692. The highest BCUT2D eigenvalue weighted by Gasteiger charge is 2.30. The number of rotatable bonds is 10. The Balaban J connectivity index is 4.86. The number of aliphatic hydroxyl groups excluding tert-OH is 2. The van der Waals surface area contributed by atoms with Gasteiger partial charge in [0.25, 0.3) is 0 Å². The maximum atomic E-state index is 12.1. The summed E-state index contributed by atoms with van der Waals surface area (Å²) < 4.78 is 0. The molecule has 3 amide bonds. The third kappa shape index (κ3) is 7.69. The van der Waals surface area contributed by atoms with Crippen LogP contribution < -0.4 is 21.7 Å². The van der Waals surface area contributed by atoms with E-state index in [-0.39, 0.29) is 5.75 Å². The fourth-order valence-corrected chi connectivity index (χ4v) is 1.85. The molecule has 0 spiro atoms. The quantitative estimate of drug-likeness (QED) is 0.177. The number of amides is 3. The van der Waals surface area contributed by atoms with Crippen LogP contribution >= 0.6 is 12.6 Å². The summed E-state index contributed by atoms with van der Waals surface area (Å²) in [6.07, 6.45) is -1.31. The fourth-order valence-electron chi connectivity index (χ4n) is 1.60. The molecule has 0 fully saturated rings. The van der Waals surface area contributed by atoms with Crippen LogP contribution in [0.5, 0.6) is 0 Å². The molecule has 0 saturated heterocycles. The van der Waals surface area contributed by atoms with Crippen molar-refractivity contribution in [2.24, 2.45) is 5.73 Å². The molecule has 144 valence electrons. The molecule has 0 aliphatic carbocycles. The van der Waals surface area contributed by atoms with Gasteiger partial charge >= 0.3 is 5.97 Å². The molecule has 0 aliphatic rings. The van der Waals surface area contributed by atoms with E-state index < -0.39 is 60.6 Å². The van der Waals surface area contributed by atoms with E-state index in [0.717, 1.165) is 0 Å². The molecular weight excluding hydrogens is 356 g/mol. The Morgan fingerprint density at radius 3 is 2.00 bits per heavy atom. The van der Waals surface area contributed by atoms with Gasteiger partial charge in [0.05, 0.1) is 12.7 Å². The van der Waals surface area contributed by atoms with Crippen molar-refractivity contribution >= 4 is 36.3 Å². The molecule has 0 rings (SSSR count). The standard InChI is InChI=1S/C13H24N4O7S/c1-5(10(20)16-8(4-25)13(23)24)15-12(22)9(6(2)19)17-11(21)7(14)3-18/h5-9,18-19,25H,3-4,14H2,1-2H3,(H,15,22)(H,16,20)(H,17,21)(H,23,24). The lowest BCUT2D eigenvalue weighted by atomic mass is 10.1. The van der Waals surface area contributed by atoms with Gasteiger partial charge in [0, 0.05) is 5.75 Å². The lowest BCUT2D eigenvalue weighted by molar-refractivity contribution is -0.141. The van der Waals surface area contributed by atoms with Crippen LogP contribution in [0.15, 0.2) is 0 Å². The van der Waals surface area contributed by atoms with Crippen LogP contribution in [0, 0.1) is 0 Å². The first-order chi connectivity index (χ1) is 11.5. The second-order valence-electron chi connectivity index (χ2n) is 5.33. The largest absolute Gasteiger partial charge is 0.480 e. The average Bonchev–Trinajstić information content (AvgIpc) is 2.54. The van der Waals surface area contributed by atoms with Gasteiger partial charge in [-0.25, -0.2) is 4.79 Å². The number of carbonyl (C=O) groups is 4. The van der Waals surface area contributed by atoms with Gasteiger partial charge in [-0.15, -0.1) is 0 Å². The van der Waals surface area contributed by atoms with Gasteiger partial charge in [0.2, 0.25) is 17.7 Å². The summed E-state index contributed by atoms with van der Waals surface area (Å²) in [6, 6.07) is -5.06. The van der Waals surface area contributed by atoms with E-state index in [1.54, 1.807) is 0 Å². The van der Waals surface area contributed by atoms with Crippen LogP contribution in [0.3, 0.4) is 0 Å². The minimum atomic E-state index is -1.42. The molecule has 0 aromatic carbocycles. The highest BCUT2D eigenvalue weighted by molar-refractivity contribution is 7.80. The Bertz CT molecular complexity index is 503. The van der Waals surface area contributed by atoms with E-state index in [1.165, 1.54) is 13.8 Å². The van der Waals surface area contributed by atoms with Gasteiger partial charge in [-0.3, -0.25) is 14.4 Å². The minimum Gasteiger partial charge on any atom is -0.480 e. The van der Waals surface area contributed by atoms with Crippen LogP contribution in [0.4, 0.5) is 0 Å². The topological polar surface area (TPSA) is 191 Å². The van der Waals surface area contributed by atoms with Crippen LogP contribution in [-0.2, 0) is 19.2 Å². The number of aliphatic carboxylic acids is 1. The molecule has 0 heterocycles. The average molecular weight is 380 g/mol. The predicted molar refractivity (Wildman–Crippen MR) is 89.7 cm³/mol. The maximum absolute atomic E-state index is 12.1. The van der Waals surface area contributed by atoms with E-state index in [0.29, 0.717) is 0 Å². The first kappa shape index (κ1) is 23.1. The number of carboxylic acids is 1. The highest BCUT2D eigenvalue weighted by Crippen LogP contribution is 1.97. The monoisotopic (exact) mass is 380 g/mol. The van der Waals surface area contributed by atoms with E-state index in [9.17, 15) is 24.3 Å². The van der Waals surface area contributed by atoms with Gasteiger partial charge in [0.15, 0.2) is 0 Å². The number of carboxylic acid groups (broad SMARTS) is 1. The molecular formula is C13H24N4O7S. The molecule has 0 radical (unpaired) electrons. The molecule has 0 aliphatic heterocycles. The van der Waals surface area contributed by atoms with Crippen molar-refractivity contribution in [3.05, 3.63) is 0 Å². The zero-order valence-corrected chi connectivity index (χ0v) is 14.7. The second-order valence-corrected chi connectivity index (χ2v) is 5.69. The van der Waals surface area contributed by atoms with Crippen molar-refractivity contribution in [1.82, 2.24) is 16.0 Å². The molecule has 12 heteroatoms. The van der Waals surface area contributed by atoms with E-state index in [2.05, 4.69) is 28.6 Å². The Labute approximate surface area is 149 Å². The summed E-state index contributed by atoms with van der Waals surface area (Å²) in [4.78, 5) is 46.5. The second kappa shape index (κ2) is 10.9. The Hall–Kier alpha value is -1.89. The maximum Gasteiger partial charge on any atom is 0.327 e. The molecule has 0 aromatic heterocycles. The molecule has 0 aromatic rings. The summed E-state index contributed by atoms with van der Waals surface area (Å²) in [5, 5.41) is 33.9. The SMILES string of the molecule is CC(NC(=O)C(NC(=O)C(N)CO)C(C)O)C(=O)NC(CS)C(=O)O. The number of hydrogen-bond donors (Lipinski definition) is 8. The highest BCUT2D eigenvalue weighted by atomic mass is 32.1. The number of nitrogens with two attached hydrogens (primary N) is 1. The first-order valence-corrected chi connectivity index (χ1v) is 7.97. The summed E-state index contributed by atoms with van der Waals surface area (Å²) in [7, 11) is 0. The zero-order chi connectivity index (χ0) is 19.7. The normalized spacial score (nSPS) is 16.7. The van der Waals surface area contributed by atoms with Gasteiger partial charge in [-0.05, 0) is 13.8 Å². The summed E-state index contributed by atoms with van der Waals surface area (Å²) in [6.45, 7) is 1.88. The van der Waals surface area contributed by atoms with Gasteiger partial charge < -0.3 is 37.0 Å². The molecule has 5 unspecified atom stereocenters. The molecule has 0 bridgehead atoms. The zero-order valence-electron chi connectivity index (χ0n) is 13.8. The van der Waals surface area contributed by atoms with E-state index in [4.69, 9.17) is 15.9 Å². The lowest BCUT2D eigenvalue weighted by Crippen LogP contribution is -2.59. The van der Waals surface area contributed by atoms with Crippen molar-refractivity contribution in [2.45, 2.75) is 44.1 Å². The first-order valence-electron chi connectivity index (χ1n) is 7.34. The number of carbonyl (C=O) groups excluding carboxylic acids is 3. The summed E-state index contributed by atoms with van der Waals surface area (Å²) >= 11 is 3.80. The van der Waals surface area contributed by atoms with Crippen molar-refractivity contribution in [1.29, 1.82) is 0 Å². The van der Waals surface area contributed by atoms with Crippen LogP contribution in [-0.4, -0.2) is 81.6 Å². The van der Waals surface area contributed by atoms with Gasteiger partial charge in [-0.1, -0.05) is 0 Å². The van der Waals surface area contributed by atoms with Gasteiger partial charge in [0.1, 0.15) is 24.2 Å². The molecule has 5 atom stereocenters. The van der Waals surface area contributed by atoms with Crippen LogP contribution in [0.1, 0.15) is 13.8 Å². The third-order valence-corrected chi connectivity index (χ3v) is 3.51. The Morgan fingerprint density at radius 1 is 1.04 bits per heavy atom. The van der Waals surface area contributed by atoms with E-state index >= 15 is 0 Å². The molecule has 0 saturated carbocycles. The van der Waals surface area contributed by atoms with Gasteiger partial charge in [-0.2, -0.15) is 12.6 Å². The predicted octanol–water partition coefficient (Wildman–Crippen LogP) is -3.82. The number of hydrogen-bond acceptors (Lipinski definition) is 8. The lowest BCUT2D eigenvalue weighted by Gasteiger charge is -2.24. The minimum absolute atomic E-state index is 0.146. The number of nitrogens with one attached hydrogen (secondary N) is 3. The van der Waals surface area contributed by atoms with Crippen LogP contribution in [0.25, 0.3) is 0 Å². The number of aliphatic hydroxyl groups is 2. The van der Waals surface area contributed by atoms with Crippen molar-refractivity contribution < 1.29 is 34.5 Å². The van der Waals surface area contributed by atoms with Crippen molar-refractivity contribution in [3.8, 4) is 0 Å². The Morgan fingerprint density at radius 2 is 1.60 bits per heavy atom. The number of thiol groups is 1. The molecule has 25 heavy (non-hydrogen) atoms. The smallest absolute Gasteiger partial charge is 0.327 e. The molecule has 8 N–H and O–H groups in total. The van der Waals surface area contributed by atoms with Crippen LogP contribution in [0.2, 0.25) is 0 Å². The summed E-state index contributed by atoms with van der Waals surface area (Å²) in [5.74, 6) is -3.95. The third-order valence-electron chi connectivity index (χ3n) is 3.15.